The Morgan fingerprint density at radius 2 is 2.09 bits per heavy atom. The van der Waals surface area contributed by atoms with Crippen molar-refractivity contribution in [2.45, 2.75) is 31.7 Å². The molecule has 4 nitrogen and oxygen atoms in total. The van der Waals surface area contributed by atoms with Crippen LogP contribution in [0.1, 0.15) is 35.4 Å². The van der Waals surface area contributed by atoms with Crippen LogP contribution in [0.4, 0.5) is 5.82 Å². The molecule has 1 heterocycles. The molecule has 2 aromatic rings. The Morgan fingerprint density at radius 3 is 2.91 bits per heavy atom. The third kappa shape index (κ3) is 3.36. The molecule has 1 aliphatic rings. The van der Waals surface area contributed by atoms with Crippen LogP contribution in [0, 0.1) is 0 Å². The van der Waals surface area contributed by atoms with E-state index in [1.54, 1.807) is 6.20 Å². The first-order valence-electron chi connectivity index (χ1n) is 8.13. The summed E-state index contributed by atoms with van der Waals surface area (Å²) >= 11 is 0. The Kier molecular flexibility index (Phi) is 4.60. The van der Waals surface area contributed by atoms with Crippen molar-refractivity contribution in [3.05, 3.63) is 59.3 Å². The number of anilines is 1. The maximum Gasteiger partial charge on any atom is 0.227 e. The van der Waals surface area contributed by atoms with E-state index in [1.807, 2.05) is 37.2 Å². The predicted octanol–water partition coefficient (Wildman–Crippen LogP) is 2.88. The molecule has 1 aromatic heterocycles. The monoisotopic (exact) mass is 309 g/mol. The van der Waals surface area contributed by atoms with Crippen LogP contribution in [-0.2, 0) is 17.8 Å². The molecule has 0 spiro atoms. The van der Waals surface area contributed by atoms with Gasteiger partial charge in [0.05, 0.1) is 5.92 Å². The second kappa shape index (κ2) is 6.82. The molecule has 0 bridgehead atoms. The quantitative estimate of drug-likeness (QED) is 0.944. The third-order valence-corrected chi connectivity index (χ3v) is 4.43. The van der Waals surface area contributed by atoms with E-state index in [2.05, 4.69) is 28.5 Å². The minimum Gasteiger partial charge on any atom is -0.362 e. The van der Waals surface area contributed by atoms with Gasteiger partial charge in [0.15, 0.2) is 0 Å². The van der Waals surface area contributed by atoms with E-state index in [1.165, 1.54) is 11.1 Å². The van der Waals surface area contributed by atoms with Crippen LogP contribution in [0.2, 0.25) is 0 Å². The molecule has 0 fully saturated rings. The van der Waals surface area contributed by atoms with Crippen molar-refractivity contribution in [2.75, 3.05) is 19.0 Å². The number of rotatable bonds is 4. The molecule has 1 aromatic carbocycles. The van der Waals surface area contributed by atoms with Crippen molar-refractivity contribution in [3.63, 3.8) is 0 Å². The molecule has 1 amide bonds. The number of aromatic nitrogens is 1. The number of nitrogens with one attached hydrogen (secondary N) is 1. The van der Waals surface area contributed by atoms with E-state index in [9.17, 15) is 4.79 Å². The fourth-order valence-electron chi connectivity index (χ4n) is 3.30. The van der Waals surface area contributed by atoms with Crippen LogP contribution < -0.4 is 10.2 Å². The summed E-state index contributed by atoms with van der Waals surface area (Å²) in [6.07, 6.45) is 4.85. The lowest BCUT2D eigenvalue weighted by Crippen LogP contribution is -2.31. The fraction of sp³-hybridized carbons (Fsp3) is 0.368. The molecule has 23 heavy (non-hydrogen) atoms. The fourth-order valence-corrected chi connectivity index (χ4v) is 3.30. The molecule has 0 unspecified atom stereocenters. The minimum absolute atomic E-state index is 0.0283. The maximum absolute atomic E-state index is 12.7. The molecule has 0 radical (unpaired) electrons. The topological polar surface area (TPSA) is 45.2 Å². The summed E-state index contributed by atoms with van der Waals surface area (Å²) in [5.74, 6) is 0.988. The van der Waals surface area contributed by atoms with Gasteiger partial charge in [-0.05, 0) is 36.5 Å². The Labute approximate surface area is 137 Å². The Bertz CT molecular complexity index is 697. The minimum atomic E-state index is -0.0283. The standard InChI is InChI=1S/C19H23N3O/c1-22(2)18-15(9-6-12-20-18)13-21-19(23)17-11-5-8-14-7-3-4-10-16(14)17/h3-4,6-7,9-10,12,17H,5,8,11,13H2,1-2H3,(H,21,23)/t17-/m0/s1. The molecule has 0 aliphatic heterocycles. The largest absolute Gasteiger partial charge is 0.362 e. The van der Waals surface area contributed by atoms with Gasteiger partial charge in [-0.15, -0.1) is 0 Å². The number of nitrogens with zero attached hydrogens (tertiary/aromatic N) is 2. The highest BCUT2D eigenvalue weighted by Gasteiger charge is 2.26. The molecule has 4 heteroatoms. The highest BCUT2D eigenvalue weighted by molar-refractivity contribution is 5.84. The van der Waals surface area contributed by atoms with Crippen molar-refractivity contribution in [1.82, 2.24) is 10.3 Å². The first-order chi connectivity index (χ1) is 11.2. The van der Waals surface area contributed by atoms with Crippen LogP contribution in [0.15, 0.2) is 42.6 Å². The molecule has 1 aliphatic carbocycles. The molecular formula is C19H23N3O. The van der Waals surface area contributed by atoms with Crippen molar-refractivity contribution in [3.8, 4) is 0 Å². The van der Waals surface area contributed by atoms with Crippen molar-refractivity contribution in [2.24, 2.45) is 0 Å². The summed E-state index contributed by atoms with van der Waals surface area (Å²) < 4.78 is 0. The number of benzene rings is 1. The van der Waals surface area contributed by atoms with E-state index in [0.717, 1.165) is 30.6 Å². The molecule has 0 saturated heterocycles. The van der Waals surface area contributed by atoms with Crippen LogP contribution in [0.25, 0.3) is 0 Å². The van der Waals surface area contributed by atoms with Gasteiger partial charge >= 0.3 is 0 Å². The summed E-state index contributed by atoms with van der Waals surface area (Å²) in [5, 5.41) is 3.10. The van der Waals surface area contributed by atoms with Gasteiger partial charge in [0, 0.05) is 32.4 Å². The average molecular weight is 309 g/mol. The number of aryl methyl sites for hydroxylation is 1. The second-order valence-electron chi connectivity index (χ2n) is 6.24. The number of carbonyl (C=O) groups excluding carboxylic acids is 1. The molecule has 1 N–H and O–H groups in total. The van der Waals surface area contributed by atoms with Crippen molar-refractivity contribution in [1.29, 1.82) is 0 Å². The second-order valence-corrected chi connectivity index (χ2v) is 6.24. The van der Waals surface area contributed by atoms with Gasteiger partial charge in [-0.2, -0.15) is 0 Å². The molecular weight excluding hydrogens is 286 g/mol. The first kappa shape index (κ1) is 15.5. The van der Waals surface area contributed by atoms with Gasteiger partial charge in [0.25, 0.3) is 0 Å². The molecule has 120 valence electrons. The van der Waals surface area contributed by atoms with Crippen molar-refractivity contribution >= 4 is 11.7 Å². The molecule has 0 saturated carbocycles. The lowest BCUT2D eigenvalue weighted by molar-refractivity contribution is -0.123. The lowest BCUT2D eigenvalue weighted by atomic mass is 9.82. The number of carbonyl (C=O) groups is 1. The lowest BCUT2D eigenvalue weighted by Gasteiger charge is -2.25. The van der Waals surface area contributed by atoms with Gasteiger partial charge in [-0.3, -0.25) is 4.79 Å². The van der Waals surface area contributed by atoms with E-state index in [0.29, 0.717) is 6.54 Å². The smallest absolute Gasteiger partial charge is 0.227 e. The van der Waals surface area contributed by atoms with E-state index in [4.69, 9.17) is 0 Å². The maximum atomic E-state index is 12.7. The SMILES string of the molecule is CN(C)c1ncccc1CNC(=O)[C@H]1CCCc2ccccc21. The zero-order valence-corrected chi connectivity index (χ0v) is 13.7. The van der Waals surface area contributed by atoms with Gasteiger partial charge < -0.3 is 10.2 Å². The summed E-state index contributed by atoms with van der Waals surface area (Å²) in [6, 6.07) is 12.2. The van der Waals surface area contributed by atoms with Gasteiger partial charge in [-0.1, -0.05) is 30.3 Å². The number of amides is 1. The number of pyridine rings is 1. The van der Waals surface area contributed by atoms with Crippen LogP contribution in [-0.4, -0.2) is 25.0 Å². The van der Waals surface area contributed by atoms with E-state index < -0.39 is 0 Å². The summed E-state index contributed by atoms with van der Waals surface area (Å²) in [6.45, 7) is 0.513. The zero-order valence-electron chi connectivity index (χ0n) is 13.7. The summed E-state index contributed by atoms with van der Waals surface area (Å²) in [5.41, 5.74) is 3.54. The summed E-state index contributed by atoms with van der Waals surface area (Å²) in [4.78, 5) is 19.0. The number of fused-ring (bicyclic) bond motifs is 1. The zero-order chi connectivity index (χ0) is 16.2. The van der Waals surface area contributed by atoms with Crippen molar-refractivity contribution < 1.29 is 4.79 Å². The van der Waals surface area contributed by atoms with Gasteiger partial charge in [-0.25, -0.2) is 4.98 Å². The van der Waals surface area contributed by atoms with Crippen LogP contribution in [0.3, 0.4) is 0 Å². The highest BCUT2D eigenvalue weighted by atomic mass is 16.1. The normalized spacial score (nSPS) is 16.5. The average Bonchev–Trinajstić information content (AvgIpc) is 2.59. The van der Waals surface area contributed by atoms with Gasteiger partial charge in [0.2, 0.25) is 5.91 Å². The Hall–Kier alpha value is -2.36. The third-order valence-electron chi connectivity index (χ3n) is 4.43. The number of hydrogen-bond donors (Lipinski definition) is 1. The van der Waals surface area contributed by atoms with E-state index >= 15 is 0 Å². The van der Waals surface area contributed by atoms with Crippen LogP contribution in [0.5, 0.6) is 0 Å². The Balaban J connectivity index is 1.72. The van der Waals surface area contributed by atoms with Crippen LogP contribution >= 0.6 is 0 Å². The first-order valence-corrected chi connectivity index (χ1v) is 8.13. The van der Waals surface area contributed by atoms with E-state index in [-0.39, 0.29) is 11.8 Å². The Morgan fingerprint density at radius 1 is 1.26 bits per heavy atom. The number of hydrogen-bond acceptors (Lipinski definition) is 3. The highest BCUT2D eigenvalue weighted by Crippen LogP contribution is 2.31. The van der Waals surface area contributed by atoms with Gasteiger partial charge in [0.1, 0.15) is 5.82 Å². The molecule has 1 atom stereocenters. The molecule has 3 rings (SSSR count). The summed E-state index contributed by atoms with van der Waals surface area (Å²) in [7, 11) is 3.93. The predicted molar refractivity (Wildman–Crippen MR) is 92.5 cm³/mol.